The zero-order chi connectivity index (χ0) is 18.8. The van der Waals surface area contributed by atoms with Crippen molar-refractivity contribution in [1.29, 1.82) is 0 Å². The van der Waals surface area contributed by atoms with Gasteiger partial charge in [-0.1, -0.05) is 17.7 Å². The molecule has 28 heavy (non-hydrogen) atoms. The number of rotatable bonds is 4. The Balaban J connectivity index is 0.00000196. The predicted molar refractivity (Wildman–Crippen MR) is 111 cm³/mol. The van der Waals surface area contributed by atoms with Crippen LogP contribution in [0, 0.1) is 11.6 Å². The van der Waals surface area contributed by atoms with Crippen LogP contribution in [0.3, 0.4) is 0 Å². The Labute approximate surface area is 179 Å². The van der Waals surface area contributed by atoms with Gasteiger partial charge in [-0.25, -0.2) is 8.78 Å². The van der Waals surface area contributed by atoms with Crippen LogP contribution >= 0.6 is 36.4 Å². The molecule has 5 nitrogen and oxygen atoms in total. The highest BCUT2D eigenvalue weighted by Gasteiger charge is 2.28. The number of amides is 1. The maximum absolute atomic E-state index is 13.9. The van der Waals surface area contributed by atoms with E-state index in [1.807, 2.05) is 0 Å². The quantitative estimate of drug-likeness (QED) is 0.684. The highest BCUT2D eigenvalue weighted by Crippen LogP contribution is 2.30. The second-order valence-electron chi connectivity index (χ2n) is 6.05. The summed E-state index contributed by atoms with van der Waals surface area (Å²) in [5, 5.41) is 3.10. The summed E-state index contributed by atoms with van der Waals surface area (Å²) < 4.78 is 33.0. The van der Waals surface area contributed by atoms with Gasteiger partial charge in [-0.3, -0.25) is 4.79 Å². The van der Waals surface area contributed by atoms with E-state index in [1.54, 1.807) is 4.90 Å². The molecule has 154 valence electrons. The van der Waals surface area contributed by atoms with E-state index in [4.69, 9.17) is 22.1 Å². The molecular formula is C18H20Cl3F2N3O2. The predicted octanol–water partition coefficient (Wildman–Crippen LogP) is 4.06. The average molecular weight is 455 g/mol. The number of carbonyl (C=O) groups excluding carboxylic acids is 1. The van der Waals surface area contributed by atoms with Crippen LogP contribution in [0.25, 0.3) is 0 Å². The molecule has 0 saturated carbocycles. The van der Waals surface area contributed by atoms with Crippen LogP contribution in [0.15, 0.2) is 30.3 Å². The van der Waals surface area contributed by atoms with Crippen LogP contribution in [0.4, 0.5) is 20.2 Å². The number of carbonyl (C=O) groups is 1. The highest BCUT2D eigenvalue weighted by atomic mass is 35.5. The molecule has 1 unspecified atom stereocenters. The van der Waals surface area contributed by atoms with Crippen molar-refractivity contribution >= 4 is 53.7 Å². The smallest absolute Gasteiger partial charge is 0.255 e. The fourth-order valence-electron chi connectivity index (χ4n) is 3.05. The lowest BCUT2D eigenvalue weighted by molar-refractivity contribution is 0.0937. The first-order valence-corrected chi connectivity index (χ1v) is 8.41. The third-order valence-corrected chi connectivity index (χ3v) is 4.67. The van der Waals surface area contributed by atoms with E-state index in [9.17, 15) is 13.6 Å². The summed E-state index contributed by atoms with van der Waals surface area (Å²) in [5.41, 5.74) is 6.21. The van der Waals surface area contributed by atoms with Gasteiger partial charge >= 0.3 is 0 Å². The molecule has 1 aliphatic rings. The third kappa shape index (κ3) is 4.90. The maximum Gasteiger partial charge on any atom is 0.255 e. The number of nitrogens with two attached hydrogens (primary N) is 1. The lowest BCUT2D eigenvalue weighted by Gasteiger charge is -2.20. The van der Waals surface area contributed by atoms with Crippen molar-refractivity contribution in [2.75, 3.05) is 30.8 Å². The molecule has 0 aromatic heterocycles. The minimum atomic E-state index is -0.621. The molecule has 1 atom stereocenters. The second kappa shape index (κ2) is 10.0. The lowest BCUT2D eigenvalue weighted by Crippen LogP contribution is -2.37. The molecular weight excluding hydrogens is 435 g/mol. The van der Waals surface area contributed by atoms with Crippen molar-refractivity contribution in [2.45, 2.75) is 12.5 Å². The number of nitrogens with one attached hydrogen (secondary N) is 1. The first-order chi connectivity index (χ1) is 12.4. The molecule has 2 aromatic carbocycles. The molecule has 1 saturated heterocycles. The molecule has 2 aromatic rings. The Morgan fingerprint density at radius 1 is 1.29 bits per heavy atom. The van der Waals surface area contributed by atoms with E-state index in [-0.39, 0.29) is 53.0 Å². The first kappa shape index (κ1) is 24.1. The molecule has 1 heterocycles. The summed E-state index contributed by atoms with van der Waals surface area (Å²) in [4.78, 5) is 14.1. The van der Waals surface area contributed by atoms with Crippen LogP contribution in [-0.2, 0) is 0 Å². The Kier molecular flexibility index (Phi) is 8.60. The van der Waals surface area contributed by atoms with Crippen LogP contribution in [0.2, 0.25) is 5.02 Å². The number of para-hydroxylation sites is 1. The number of nitrogens with zero attached hydrogens (tertiary/aromatic N) is 1. The fourth-order valence-corrected chi connectivity index (χ4v) is 3.21. The summed E-state index contributed by atoms with van der Waals surface area (Å²) in [6.07, 6.45) is 0.560. The van der Waals surface area contributed by atoms with Gasteiger partial charge in [0.2, 0.25) is 0 Å². The number of ether oxygens (including phenoxy) is 1. The van der Waals surface area contributed by atoms with E-state index < -0.39 is 11.6 Å². The molecule has 0 bridgehead atoms. The third-order valence-electron chi connectivity index (χ3n) is 4.34. The summed E-state index contributed by atoms with van der Waals surface area (Å²) in [6.45, 7) is 0.733. The van der Waals surface area contributed by atoms with Crippen molar-refractivity contribution in [3.05, 3.63) is 52.6 Å². The van der Waals surface area contributed by atoms with Gasteiger partial charge < -0.3 is 20.7 Å². The zero-order valence-corrected chi connectivity index (χ0v) is 17.3. The number of hydrogen-bond acceptors (Lipinski definition) is 4. The molecule has 1 amide bonds. The minimum absolute atomic E-state index is 0. The Hall–Kier alpha value is -1.96. The fraction of sp³-hybridized carbons (Fsp3) is 0.278. The average Bonchev–Trinajstić information content (AvgIpc) is 3.04. The number of halogens is 5. The number of anilines is 2. The molecule has 0 spiro atoms. The lowest BCUT2D eigenvalue weighted by atomic mass is 10.1. The van der Waals surface area contributed by atoms with Gasteiger partial charge in [-0.05, 0) is 24.6 Å². The Bertz CT molecular complexity index is 835. The number of hydrogen-bond donors (Lipinski definition) is 2. The monoisotopic (exact) mass is 453 g/mol. The normalized spacial score (nSPS) is 15.4. The van der Waals surface area contributed by atoms with Crippen molar-refractivity contribution in [2.24, 2.45) is 0 Å². The van der Waals surface area contributed by atoms with Gasteiger partial charge in [0.05, 0.1) is 23.4 Å². The van der Waals surface area contributed by atoms with E-state index >= 15 is 0 Å². The van der Waals surface area contributed by atoms with E-state index in [0.29, 0.717) is 30.9 Å². The molecule has 3 rings (SSSR count). The van der Waals surface area contributed by atoms with Crippen molar-refractivity contribution in [3.8, 4) is 5.75 Å². The van der Waals surface area contributed by atoms with Crippen LogP contribution in [-0.4, -0.2) is 32.1 Å². The van der Waals surface area contributed by atoms with E-state index in [2.05, 4.69) is 5.32 Å². The molecule has 0 aliphatic carbocycles. The van der Waals surface area contributed by atoms with Gasteiger partial charge in [-0.2, -0.15) is 0 Å². The summed E-state index contributed by atoms with van der Waals surface area (Å²) >= 11 is 5.99. The zero-order valence-electron chi connectivity index (χ0n) is 14.9. The summed E-state index contributed by atoms with van der Waals surface area (Å²) in [5.74, 6) is -1.32. The maximum atomic E-state index is 13.9. The van der Waals surface area contributed by atoms with Crippen molar-refractivity contribution in [1.82, 2.24) is 5.32 Å². The topological polar surface area (TPSA) is 67.6 Å². The summed E-state index contributed by atoms with van der Waals surface area (Å²) in [6, 6.07) is 6.40. The molecule has 1 fully saturated rings. The Morgan fingerprint density at radius 2 is 1.93 bits per heavy atom. The van der Waals surface area contributed by atoms with Crippen molar-refractivity contribution < 1.29 is 18.3 Å². The van der Waals surface area contributed by atoms with Gasteiger partial charge in [0.15, 0.2) is 0 Å². The number of benzene rings is 2. The van der Waals surface area contributed by atoms with Crippen molar-refractivity contribution in [3.63, 3.8) is 0 Å². The van der Waals surface area contributed by atoms with Crippen LogP contribution in [0.5, 0.6) is 5.75 Å². The van der Waals surface area contributed by atoms with Gasteiger partial charge in [0.1, 0.15) is 23.1 Å². The van der Waals surface area contributed by atoms with E-state index in [1.165, 1.54) is 37.4 Å². The molecule has 3 N–H and O–H groups in total. The molecule has 10 heteroatoms. The highest BCUT2D eigenvalue weighted by molar-refractivity contribution is 6.33. The standard InChI is InChI=1S/C18H18ClF2N3O2.2ClH/c1-26-16-8-15(22)12(19)7-11(16)18(25)23-10-5-6-24(9-10)17-13(20)3-2-4-14(17)21;;/h2-4,7-8,10H,5-6,9,22H2,1H3,(H,23,25);2*1H. The summed E-state index contributed by atoms with van der Waals surface area (Å²) in [7, 11) is 1.43. The SMILES string of the molecule is COc1cc(N)c(Cl)cc1C(=O)NC1CCN(c2c(F)cccc2F)C1.Cl.Cl. The van der Waals surface area contributed by atoms with E-state index in [0.717, 1.165) is 0 Å². The molecule has 0 radical (unpaired) electrons. The van der Waals surface area contributed by atoms with Gasteiger partial charge in [0.25, 0.3) is 5.91 Å². The molecule has 1 aliphatic heterocycles. The Morgan fingerprint density at radius 3 is 2.54 bits per heavy atom. The van der Waals surface area contributed by atoms with Gasteiger partial charge in [0, 0.05) is 25.2 Å². The minimum Gasteiger partial charge on any atom is -0.496 e. The van der Waals surface area contributed by atoms with Crippen LogP contribution < -0.4 is 20.7 Å². The second-order valence-corrected chi connectivity index (χ2v) is 6.46. The first-order valence-electron chi connectivity index (χ1n) is 8.03. The van der Waals surface area contributed by atoms with Gasteiger partial charge in [-0.15, -0.1) is 24.8 Å². The largest absolute Gasteiger partial charge is 0.496 e. The van der Waals surface area contributed by atoms with Crippen LogP contribution in [0.1, 0.15) is 16.8 Å². The number of methoxy groups -OCH3 is 1. The number of nitrogen functional groups attached to an aromatic ring is 1.